The van der Waals surface area contributed by atoms with Crippen LogP contribution in [0, 0.1) is 5.92 Å². The van der Waals surface area contributed by atoms with Gasteiger partial charge in [-0.3, -0.25) is 0 Å². The summed E-state index contributed by atoms with van der Waals surface area (Å²) in [6.45, 7) is 9.93. The molecule has 1 rings (SSSR count). The maximum absolute atomic E-state index is 5.60. The van der Waals surface area contributed by atoms with Crippen molar-refractivity contribution in [2.24, 2.45) is 10.9 Å². The number of nitrogens with zero attached hydrogens (tertiary/aromatic N) is 1. The van der Waals surface area contributed by atoms with Gasteiger partial charge in [-0.1, -0.05) is 13.8 Å². The van der Waals surface area contributed by atoms with Crippen molar-refractivity contribution in [3.63, 3.8) is 0 Å². The second kappa shape index (κ2) is 13.1. The second-order valence-electron chi connectivity index (χ2n) is 6.46. The van der Waals surface area contributed by atoms with Crippen LogP contribution in [0.25, 0.3) is 0 Å². The largest absolute Gasteiger partial charge is 0.496 e. The van der Waals surface area contributed by atoms with Gasteiger partial charge in [0.25, 0.3) is 0 Å². The van der Waals surface area contributed by atoms with E-state index in [1.807, 2.05) is 19.1 Å². The molecule has 0 bridgehead atoms. The summed E-state index contributed by atoms with van der Waals surface area (Å²) in [5, 5.41) is 6.58. The van der Waals surface area contributed by atoms with E-state index in [-0.39, 0.29) is 0 Å². The van der Waals surface area contributed by atoms with Gasteiger partial charge in [-0.25, -0.2) is 4.99 Å². The summed E-state index contributed by atoms with van der Waals surface area (Å²) in [4.78, 5) is 4.65. The molecular formula is C20H35N3O4. The molecule has 0 spiro atoms. The lowest BCUT2D eigenvalue weighted by molar-refractivity contribution is 0.108. The second-order valence-corrected chi connectivity index (χ2v) is 6.46. The molecule has 0 aliphatic heterocycles. The van der Waals surface area contributed by atoms with Crippen LogP contribution in [0.1, 0.15) is 32.8 Å². The monoisotopic (exact) mass is 381 g/mol. The van der Waals surface area contributed by atoms with Gasteiger partial charge in [0.1, 0.15) is 5.75 Å². The smallest absolute Gasteiger partial charge is 0.191 e. The van der Waals surface area contributed by atoms with Gasteiger partial charge in [0.05, 0.1) is 27.9 Å². The number of ether oxygens (including phenoxy) is 4. The van der Waals surface area contributed by atoms with Crippen molar-refractivity contribution < 1.29 is 18.9 Å². The van der Waals surface area contributed by atoms with Crippen LogP contribution >= 0.6 is 0 Å². The highest BCUT2D eigenvalue weighted by molar-refractivity contribution is 5.79. The van der Waals surface area contributed by atoms with Crippen molar-refractivity contribution in [2.75, 3.05) is 47.6 Å². The van der Waals surface area contributed by atoms with E-state index in [0.717, 1.165) is 44.2 Å². The van der Waals surface area contributed by atoms with Crippen LogP contribution < -0.4 is 24.8 Å². The number of benzene rings is 1. The van der Waals surface area contributed by atoms with E-state index in [9.17, 15) is 0 Å². The summed E-state index contributed by atoms with van der Waals surface area (Å²) >= 11 is 0. The Morgan fingerprint density at radius 3 is 2.26 bits per heavy atom. The first-order valence-corrected chi connectivity index (χ1v) is 9.44. The highest BCUT2D eigenvalue weighted by Gasteiger charge is 2.11. The standard InChI is InChI=1S/C20H35N3O4/c1-7-21-20(22-9-8-10-27-14-15(2)3)23-13-16-11-18(25-5)19(26-6)12-17(16)24-4/h11-12,15H,7-10,13-14H2,1-6H3,(H2,21,22,23). The summed E-state index contributed by atoms with van der Waals surface area (Å²) in [5.41, 5.74) is 0.924. The zero-order valence-electron chi connectivity index (χ0n) is 17.6. The molecular weight excluding hydrogens is 346 g/mol. The lowest BCUT2D eigenvalue weighted by Crippen LogP contribution is -2.38. The Morgan fingerprint density at radius 2 is 1.67 bits per heavy atom. The van der Waals surface area contributed by atoms with Gasteiger partial charge in [-0.05, 0) is 25.3 Å². The molecule has 0 amide bonds. The molecule has 2 N–H and O–H groups in total. The average molecular weight is 382 g/mol. The third-order valence-electron chi connectivity index (χ3n) is 3.75. The molecule has 0 heterocycles. The predicted molar refractivity (Wildman–Crippen MR) is 109 cm³/mol. The Labute approximate surface area is 163 Å². The number of guanidine groups is 1. The van der Waals surface area contributed by atoms with E-state index in [1.54, 1.807) is 21.3 Å². The zero-order chi connectivity index (χ0) is 20.1. The van der Waals surface area contributed by atoms with E-state index in [4.69, 9.17) is 18.9 Å². The van der Waals surface area contributed by atoms with Crippen LogP contribution in [0.2, 0.25) is 0 Å². The number of nitrogens with one attached hydrogen (secondary N) is 2. The van der Waals surface area contributed by atoms with Crippen LogP contribution in [0.5, 0.6) is 17.2 Å². The summed E-state index contributed by atoms with van der Waals surface area (Å²) in [6, 6.07) is 3.71. The molecule has 0 aliphatic carbocycles. The Hall–Kier alpha value is -2.15. The van der Waals surface area contributed by atoms with Crippen molar-refractivity contribution in [2.45, 2.75) is 33.7 Å². The van der Waals surface area contributed by atoms with Gasteiger partial charge >= 0.3 is 0 Å². The summed E-state index contributed by atoms with van der Waals surface area (Å²) in [5.74, 6) is 3.33. The minimum Gasteiger partial charge on any atom is -0.496 e. The van der Waals surface area contributed by atoms with E-state index >= 15 is 0 Å². The average Bonchev–Trinajstić information content (AvgIpc) is 2.67. The fourth-order valence-corrected chi connectivity index (χ4v) is 2.42. The third-order valence-corrected chi connectivity index (χ3v) is 3.75. The molecule has 7 heteroatoms. The van der Waals surface area contributed by atoms with Crippen molar-refractivity contribution in [1.82, 2.24) is 10.6 Å². The van der Waals surface area contributed by atoms with Crippen molar-refractivity contribution in [1.29, 1.82) is 0 Å². The molecule has 0 unspecified atom stereocenters. The molecule has 0 aliphatic rings. The zero-order valence-corrected chi connectivity index (χ0v) is 17.6. The molecule has 0 aromatic heterocycles. The van der Waals surface area contributed by atoms with Gasteiger partial charge in [0, 0.05) is 37.9 Å². The SMILES string of the molecule is CCNC(=NCc1cc(OC)c(OC)cc1OC)NCCCOCC(C)C. The molecule has 7 nitrogen and oxygen atoms in total. The van der Waals surface area contributed by atoms with Gasteiger partial charge in [0.2, 0.25) is 0 Å². The van der Waals surface area contributed by atoms with Crippen LogP contribution in [0.15, 0.2) is 17.1 Å². The topological polar surface area (TPSA) is 73.3 Å². The van der Waals surface area contributed by atoms with Crippen LogP contribution in [-0.2, 0) is 11.3 Å². The molecule has 0 atom stereocenters. The molecule has 154 valence electrons. The quantitative estimate of drug-likeness (QED) is 0.329. The van der Waals surface area contributed by atoms with Gasteiger partial charge in [0.15, 0.2) is 17.5 Å². The van der Waals surface area contributed by atoms with E-state index in [2.05, 4.69) is 29.5 Å². The van der Waals surface area contributed by atoms with Gasteiger partial charge in [-0.15, -0.1) is 0 Å². The summed E-state index contributed by atoms with van der Waals surface area (Å²) in [6.07, 6.45) is 0.927. The third kappa shape index (κ3) is 8.39. The molecule has 0 saturated carbocycles. The number of methoxy groups -OCH3 is 3. The maximum Gasteiger partial charge on any atom is 0.191 e. The molecule has 0 fully saturated rings. The Bertz CT molecular complexity index is 577. The predicted octanol–water partition coefficient (Wildman–Crippen LogP) is 2.83. The van der Waals surface area contributed by atoms with Gasteiger partial charge in [-0.2, -0.15) is 0 Å². The normalized spacial score (nSPS) is 11.4. The Morgan fingerprint density at radius 1 is 1.00 bits per heavy atom. The lowest BCUT2D eigenvalue weighted by atomic mass is 10.1. The number of hydrogen-bond donors (Lipinski definition) is 2. The van der Waals surface area contributed by atoms with Crippen molar-refractivity contribution in [3.05, 3.63) is 17.7 Å². The Kier molecular flexibility index (Phi) is 11.1. The number of aliphatic imine (C=N–C) groups is 1. The molecule has 1 aromatic rings. The first-order chi connectivity index (χ1) is 13.0. The Balaban J connectivity index is 2.68. The van der Waals surface area contributed by atoms with E-state index < -0.39 is 0 Å². The molecule has 1 aromatic carbocycles. The summed E-state index contributed by atoms with van der Waals surface area (Å²) in [7, 11) is 4.85. The van der Waals surface area contributed by atoms with Crippen LogP contribution in [0.3, 0.4) is 0 Å². The molecule has 27 heavy (non-hydrogen) atoms. The van der Waals surface area contributed by atoms with Crippen molar-refractivity contribution in [3.8, 4) is 17.2 Å². The summed E-state index contributed by atoms with van der Waals surface area (Å²) < 4.78 is 21.8. The van der Waals surface area contributed by atoms with E-state index in [1.165, 1.54) is 0 Å². The number of rotatable bonds is 12. The van der Waals surface area contributed by atoms with Crippen LogP contribution in [-0.4, -0.2) is 53.6 Å². The highest BCUT2D eigenvalue weighted by Crippen LogP contribution is 2.34. The maximum atomic E-state index is 5.60. The minimum atomic E-state index is 0.461. The highest BCUT2D eigenvalue weighted by atomic mass is 16.5. The first kappa shape index (κ1) is 22.9. The van der Waals surface area contributed by atoms with Gasteiger partial charge < -0.3 is 29.6 Å². The molecule has 0 radical (unpaired) electrons. The fraction of sp³-hybridized carbons (Fsp3) is 0.650. The first-order valence-electron chi connectivity index (χ1n) is 9.44. The lowest BCUT2D eigenvalue weighted by Gasteiger charge is -2.14. The fourth-order valence-electron chi connectivity index (χ4n) is 2.42. The minimum absolute atomic E-state index is 0.461. The van der Waals surface area contributed by atoms with E-state index in [0.29, 0.717) is 29.7 Å². The van der Waals surface area contributed by atoms with Crippen molar-refractivity contribution >= 4 is 5.96 Å². The van der Waals surface area contributed by atoms with Crippen LogP contribution in [0.4, 0.5) is 0 Å². The molecule has 0 saturated heterocycles. The number of hydrogen-bond acceptors (Lipinski definition) is 5.